The third-order valence-electron chi connectivity index (χ3n) is 10.5. The molecule has 10 aromatic rings. The van der Waals surface area contributed by atoms with Crippen LogP contribution in [-0.2, 0) is 0 Å². The predicted octanol–water partition coefficient (Wildman–Crippen LogP) is 15.3. The zero-order chi connectivity index (χ0) is 35.8. The van der Waals surface area contributed by atoms with Gasteiger partial charge in [-0.05, 0) is 104 Å². The lowest BCUT2D eigenvalue weighted by Crippen LogP contribution is -2.10. The second-order valence-corrected chi connectivity index (χ2v) is 14.8. The summed E-state index contributed by atoms with van der Waals surface area (Å²) in [5.41, 5.74) is 13.0. The minimum Gasteiger partial charge on any atom is -0.310 e. The van der Waals surface area contributed by atoms with Crippen molar-refractivity contribution in [1.82, 2.24) is 0 Å². The van der Waals surface area contributed by atoms with E-state index < -0.39 is 0 Å². The first kappa shape index (κ1) is 32.0. The summed E-state index contributed by atoms with van der Waals surface area (Å²) in [5.74, 6) is 0. The molecule has 0 amide bonds. The van der Waals surface area contributed by atoms with Gasteiger partial charge in [0.25, 0.3) is 0 Å². The molecule has 0 radical (unpaired) electrons. The number of anilines is 3. The summed E-state index contributed by atoms with van der Waals surface area (Å²) in [7, 11) is 0. The number of thiophene rings is 1. The minimum absolute atomic E-state index is 1.11. The Labute approximate surface area is 319 Å². The summed E-state index contributed by atoms with van der Waals surface area (Å²) in [5, 5.41) is 5.26. The van der Waals surface area contributed by atoms with E-state index in [1.54, 1.807) is 0 Å². The molecule has 0 spiro atoms. The number of hydrogen-bond donors (Lipinski definition) is 0. The smallest absolute Gasteiger partial charge is 0.0467 e. The number of rotatable bonds is 7. The molecule has 2 heteroatoms. The molecule has 254 valence electrons. The van der Waals surface area contributed by atoms with Crippen LogP contribution in [0, 0.1) is 0 Å². The van der Waals surface area contributed by atoms with Crippen molar-refractivity contribution in [3.8, 4) is 44.5 Å². The molecule has 0 saturated carbocycles. The monoisotopic (exact) mass is 705 g/mol. The number of nitrogens with zero attached hydrogens (tertiary/aromatic N) is 1. The van der Waals surface area contributed by atoms with Gasteiger partial charge in [0.15, 0.2) is 0 Å². The highest BCUT2D eigenvalue weighted by Crippen LogP contribution is 2.41. The molecular weight excluding hydrogens is 671 g/mol. The molecule has 0 bridgehead atoms. The Morgan fingerprint density at radius 1 is 0.278 bits per heavy atom. The standard InChI is InChI=1S/C52H35NS/c1-3-10-36(11-4-1)38-18-20-39(21-19-38)40-22-28-45(29-23-40)53(47-15-9-14-42(35-47)37-12-5-2-6-13-37)46-30-24-41(25-31-46)43-26-32-48-44(34-43)27-33-50-49-16-7-8-17-51(49)54-52(48)50/h1-35H. The summed E-state index contributed by atoms with van der Waals surface area (Å²) < 4.78 is 2.70. The molecule has 1 nitrogen and oxygen atoms in total. The molecule has 0 N–H and O–H groups in total. The molecule has 1 aromatic heterocycles. The van der Waals surface area contributed by atoms with Gasteiger partial charge in [0, 0.05) is 37.2 Å². The summed E-state index contributed by atoms with van der Waals surface area (Å²) in [4.78, 5) is 2.36. The quantitative estimate of drug-likeness (QED) is 0.160. The average Bonchev–Trinajstić information content (AvgIpc) is 3.64. The average molecular weight is 706 g/mol. The Kier molecular flexibility index (Phi) is 8.09. The molecule has 0 atom stereocenters. The first-order valence-electron chi connectivity index (χ1n) is 18.4. The normalized spacial score (nSPS) is 11.3. The first-order chi connectivity index (χ1) is 26.7. The molecule has 0 aliphatic rings. The van der Waals surface area contributed by atoms with Crippen molar-refractivity contribution in [2.75, 3.05) is 4.90 Å². The number of benzene rings is 9. The van der Waals surface area contributed by atoms with Crippen LogP contribution in [0.3, 0.4) is 0 Å². The highest BCUT2D eigenvalue weighted by molar-refractivity contribution is 7.26. The van der Waals surface area contributed by atoms with E-state index in [0.717, 1.165) is 17.1 Å². The third-order valence-corrected chi connectivity index (χ3v) is 11.7. The second kappa shape index (κ2) is 13.7. The Morgan fingerprint density at radius 3 is 1.39 bits per heavy atom. The van der Waals surface area contributed by atoms with Gasteiger partial charge in [-0.1, -0.05) is 164 Å². The van der Waals surface area contributed by atoms with Crippen LogP contribution < -0.4 is 4.90 Å². The van der Waals surface area contributed by atoms with Crippen molar-refractivity contribution in [3.63, 3.8) is 0 Å². The maximum absolute atomic E-state index is 2.36. The number of fused-ring (bicyclic) bond motifs is 5. The molecule has 0 aliphatic heterocycles. The van der Waals surface area contributed by atoms with Crippen molar-refractivity contribution < 1.29 is 0 Å². The van der Waals surface area contributed by atoms with Crippen LogP contribution in [0.15, 0.2) is 212 Å². The van der Waals surface area contributed by atoms with Crippen LogP contribution in [0.4, 0.5) is 17.1 Å². The van der Waals surface area contributed by atoms with E-state index in [0.29, 0.717) is 0 Å². The van der Waals surface area contributed by atoms with Gasteiger partial charge in [0.2, 0.25) is 0 Å². The molecule has 9 aromatic carbocycles. The van der Waals surface area contributed by atoms with Crippen LogP contribution in [0.5, 0.6) is 0 Å². The van der Waals surface area contributed by atoms with E-state index in [9.17, 15) is 0 Å². The fourth-order valence-electron chi connectivity index (χ4n) is 7.69. The maximum Gasteiger partial charge on any atom is 0.0467 e. The van der Waals surface area contributed by atoms with Crippen molar-refractivity contribution in [2.24, 2.45) is 0 Å². The zero-order valence-electron chi connectivity index (χ0n) is 29.6. The molecule has 1 heterocycles. The second-order valence-electron chi connectivity index (χ2n) is 13.8. The summed E-state index contributed by atoms with van der Waals surface area (Å²) in [6.45, 7) is 0. The minimum atomic E-state index is 1.11. The molecule has 54 heavy (non-hydrogen) atoms. The summed E-state index contributed by atoms with van der Waals surface area (Å²) >= 11 is 1.89. The van der Waals surface area contributed by atoms with E-state index in [1.807, 2.05) is 11.3 Å². The van der Waals surface area contributed by atoms with Crippen LogP contribution >= 0.6 is 11.3 Å². The topological polar surface area (TPSA) is 3.24 Å². The molecular formula is C52H35NS. The molecule has 10 rings (SSSR count). The molecule has 0 aliphatic carbocycles. The molecule has 0 fully saturated rings. The van der Waals surface area contributed by atoms with Crippen LogP contribution in [0.2, 0.25) is 0 Å². The predicted molar refractivity (Wildman–Crippen MR) is 233 cm³/mol. The van der Waals surface area contributed by atoms with Crippen LogP contribution in [0.1, 0.15) is 0 Å². The lowest BCUT2D eigenvalue weighted by Gasteiger charge is -2.26. The van der Waals surface area contributed by atoms with E-state index in [1.165, 1.54) is 75.5 Å². The van der Waals surface area contributed by atoms with Crippen molar-refractivity contribution >= 4 is 59.3 Å². The third kappa shape index (κ3) is 5.93. The Bertz CT molecular complexity index is 2890. The molecule has 0 unspecified atom stereocenters. The summed E-state index contributed by atoms with van der Waals surface area (Å²) in [6.07, 6.45) is 0. The maximum atomic E-state index is 2.36. The largest absolute Gasteiger partial charge is 0.310 e. The van der Waals surface area contributed by atoms with Gasteiger partial charge in [-0.2, -0.15) is 0 Å². The number of hydrogen-bond acceptors (Lipinski definition) is 2. The van der Waals surface area contributed by atoms with Gasteiger partial charge >= 0.3 is 0 Å². The Morgan fingerprint density at radius 2 is 0.741 bits per heavy atom. The SMILES string of the molecule is c1ccc(-c2ccc(-c3ccc(N(c4ccc(-c5ccc6c(ccc7c8ccccc8sc67)c5)cc4)c4cccc(-c5ccccc5)c4)cc3)cc2)cc1. The zero-order valence-corrected chi connectivity index (χ0v) is 30.4. The van der Waals surface area contributed by atoms with Crippen LogP contribution in [-0.4, -0.2) is 0 Å². The van der Waals surface area contributed by atoms with E-state index in [-0.39, 0.29) is 0 Å². The van der Waals surface area contributed by atoms with Crippen LogP contribution in [0.25, 0.3) is 75.5 Å². The van der Waals surface area contributed by atoms with Gasteiger partial charge in [-0.3, -0.25) is 0 Å². The van der Waals surface area contributed by atoms with Gasteiger partial charge in [0.1, 0.15) is 0 Å². The van der Waals surface area contributed by atoms with Crippen molar-refractivity contribution in [1.29, 1.82) is 0 Å². The fraction of sp³-hybridized carbons (Fsp3) is 0. The van der Waals surface area contributed by atoms with Gasteiger partial charge in [-0.25, -0.2) is 0 Å². The van der Waals surface area contributed by atoms with Gasteiger partial charge in [0.05, 0.1) is 0 Å². The Hall–Kier alpha value is -6.74. The van der Waals surface area contributed by atoms with E-state index in [2.05, 4.69) is 217 Å². The van der Waals surface area contributed by atoms with Crippen molar-refractivity contribution in [2.45, 2.75) is 0 Å². The lowest BCUT2D eigenvalue weighted by molar-refractivity contribution is 1.28. The van der Waals surface area contributed by atoms with Crippen molar-refractivity contribution in [3.05, 3.63) is 212 Å². The van der Waals surface area contributed by atoms with Gasteiger partial charge < -0.3 is 4.90 Å². The summed E-state index contributed by atoms with van der Waals surface area (Å²) in [6, 6.07) is 77.0. The fourth-order valence-corrected chi connectivity index (χ4v) is 8.92. The lowest BCUT2D eigenvalue weighted by atomic mass is 9.99. The highest BCUT2D eigenvalue weighted by atomic mass is 32.1. The Balaban J connectivity index is 1.00. The van der Waals surface area contributed by atoms with E-state index in [4.69, 9.17) is 0 Å². The van der Waals surface area contributed by atoms with E-state index >= 15 is 0 Å². The first-order valence-corrected chi connectivity index (χ1v) is 19.2. The van der Waals surface area contributed by atoms with Gasteiger partial charge in [-0.15, -0.1) is 11.3 Å². The highest BCUT2D eigenvalue weighted by Gasteiger charge is 2.15. The molecule has 0 saturated heterocycles.